The Morgan fingerprint density at radius 1 is 1.42 bits per heavy atom. The lowest BCUT2D eigenvalue weighted by Crippen LogP contribution is -2.47. The van der Waals surface area contributed by atoms with E-state index in [0.717, 1.165) is 12.1 Å². The number of halogens is 2. The van der Waals surface area contributed by atoms with E-state index in [4.69, 9.17) is 15.2 Å². The second-order valence-corrected chi connectivity index (χ2v) is 4.31. The molecular formula is C13H17F2NO3. The topological polar surface area (TPSA) is 61.5 Å². The van der Waals surface area contributed by atoms with E-state index in [2.05, 4.69) is 0 Å². The molecular weight excluding hydrogens is 256 g/mol. The average molecular weight is 273 g/mol. The maximum atomic E-state index is 13.3. The van der Waals surface area contributed by atoms with Gasteiger partial charge in [-0.3, -0.25) is 4.79 Å². The molecule has 0 radical (unpaired) electrons. The number of rotatable bonds is 6. The van der Waals surface area contributed by atoms with Gasteiger partial charge in [0, 0.05) is 12.5 Å². The van der Waals surface area contributed by atoms with Crippen molar-refractivity contribution in [3.05, 3.63) is 29.8 Å². The summed E-state index contributed by atoms with van der Waals surface area (Å²) in [4.78, 5) is 11.5. The molecule has 106 valence electrons. The van der Waals surface area contributed by atoms with Crippen LogP contribution >= 0.6 is 0 Å². The number of esters is 1. The Balaban J connectivity index is 2.51. The molecule has 6 heteroatoms. The van der Waals surface area contributed by atoms with Crippen molar-refractivity contribution in [1.29, 1.82) is 0 Å². The van der Waals surface area contributed by atoms with Crippen LogP contribution in [-0.2, 0) is 9.53 Å². The molecule has 1 atom stereocenters. The normalized spacial score (nSPS) is 13.7. The SMILES string of the molecule is CCOC(=O)C(C)(N)CCOc1ccc(F)cc1F. The van der Waals surface area contributed by atoms with Gasteiger partial charge in [-0.15, -0.1) is 0 Å². The number of hydrogen-bond donors (Lipinski definition) is 1. The fourth-order valence-electron chi connectivity index (χ4n) is 1.36. The van der Waals surface area contributed by atoms with Crippen LogP contribution in [0.25, 0.3) is 0 Å². The molecule has 0 saturated heterocycles. The summed E-state index contributed by atoms with van der Waals surface area (Å²) in [7, 11) is 0. The van der Waals surface area contributed by atoms with Crippen molar-refractivity contribution < 1.29 is 23.0 Å². The van der Waals surface area contributed by atoms with Crippen LogP contribution in [0.3, 0.4) is 0 Å². The average Bonchev–Trinajstić information content (AvgIpc) is 2.32. The van der Waals surface area contributed by atoms with Crippen LogP contribution in [0, 0.1) is 11.6 Å². The Kier molecular flexibility index (Phi) is 5.23. The Bertz CT molecular complexity index is 450. The van der Waals surface area contributed by atoms with Crippen LogP contribution < -0.4 is 10.5 Å². The molecule has 1 rings (SSSR count). The minimum Gasteiger partial charge on any atom is -0.490 e. The van der Waals surface area contributed by atoms with E-state index in [9.17, 15) is 13.6 Å². The van der Waals surface area contributed by atoms with Crippen LogP contribution in [0.2, 0.25) is 0 Å². The van der Waals surface area contributed by atoms with Crippen LogP contribution in [0.1, 0.15) is 20.3 Å². The van der Waals surface area contributed by atoms with Gasteiger partial charge < -0.3 is 15.2 Å². The minimum atomic E-state index is -1.20. The van der Waals surface area contributed by atoms with Crippen LogP contribution in [0.4, 0.5) is 8.78 Å². The van der Waals surface area contributed by atoms with Crippen molar-refractivity contribution in [1.82, 2.24) is 0 Å². The van der Waals surface area contributed by atoms with E-state index in [1.54, 1.807) is 6.92 Å². The summed E-state index contributed by atoms with van der Waals surface area (Å²) < 4.78 is 35.9. The molecule has 0 aliphatic heterocycles. The molecule has 0 amide bonds. The van der Waals surface area contributed by atoms with E-state index >= 15 is 0 Å². The first-order chi connectivity index (χ1) is 8.86. The molecule has 2 N–H and O–H groups in total. The van der Waals surface area contributed by atoms with Gasteiger partial charge in [0.1, 0.15) is 11.4 Å². The Hall–Kier alpha value is -1.69. The number of nitrogens with two attached hydrogens (primary N) is 1. The summed E-state index contributed by atoms with van der Waals surface area (Å²) in [5.74, 6) is -2.10. The zero-order valence-corrected chi connectivity index (χ0v) is 10.9. The lowest BCUT2D eigenvalue weighted by molar-refractivity contribution is -0.149. The largest absolute Gasteiger partial charge is 0.490 e. The third kappa shape index (κ3) is 4.48. The molecule has 0 heterocycles. The fourth-order valence-corrected chi connectivity index (χ4v) is 1.36. The molecule has 0 aliphatic rings. The third-order valence-corrected chi connectivity index (χ3v) is 2.51. The Morgan fingerprint density at radius 3 is 2.68 bits per heavy atom. The fraction of sp³-hybridized carbons (Fsp3) is 0.462. The first kappa shape index (κ1) is 15.4. The van der Waals surface area contributed by atoms with E-state index in [-0.39, 0.29) is 25.4 Å². The molecule has 0 aromatic heterocycles. The first-order valence-electron chi connectivity index (χ1n) is 5.91. The zero-order valence-electron chi connectivity index (χ0n) is 10.9. The van der Waals surface area contributed by atoms with Gasteiger partial charge in [-0.05, 0) is 26.0 Å². The molecule has 0 saturated carbocycles. The molecule has 4 nitrogen and oxygen atoms in total. The first-order valence-corrected chi connectivity index (χ1v) is 5.91. The monoisotopic (exact) mass is 273 g/mol. The summed E-state index contributed by atoms with van der Waals surface area (Å²) >= 11 is 0. The minimum absolute atomic E-state index is 0.0222. The maximum Gasteiger partial charge on any atom is 0.325 e. The predicted octanol–water partition coefficient (Wildman–Crippen LogP) is 2.01. The predicted molar refractivity (Wildman–Crippen MR) is 65.7 cm³/mol. The molecule has 0 fully saturated rings. The summed E-state index contributed by atoms with van der Waals surface area (Å²) in [6.07, 6.45) is 0.155. The highest BCUT2D eigenvalue weighted by Gasteiger charge is 2.29. The quantitative estimate of drug-likeness (QED) is 0.805. The van der Waals surface area contributed by atoms with Crippen LogP contribution in [-0.4, -0.2) is 24.7 Å². The smallest absolute Gasteiger partial charge is 0.325 e. The van der Waals surface area contributed by atoms with Crippen molar-refractivity contribution >= 4 is 5.97 Å². The van der Waals surface area contributed by atoms with Crippen molar-refractivity contribution in [3.8, 4) is 5.75 Å². The van der Waals surface area contributed by atoms with Crippen LogP contribution in [0.15, 0.2) is 18.2 Å². The summed E-state index contributed by atoms with van der Waals surface area (Å²) in [5.41, 5.74) is 4.56. The molecule has 1 aromatic carbocycles. The molecule has 19 heavy (non-hydrogen) atoms. The number of ether oxygens (including phenoxy) is 2. The van der Waals surface area contributed by atoms with E-state index in [0.29, 0.717) is 0 Å². The Morgan fingerprint density at radius 2 is 2.11 bits per heavy atom. The van der Waals surface area contributed by atoms with Gasteiger partial charge in [-0.25, -0.2) is 8.78 Å². The molecule has 1 unspecified atom stereocenters. The van der Waals surface area contributed by atoms with Crippen molar-refractivity contribution in [2.45, 2.75) is 25.8 Å². The standard InChI is InChI=1S/C13H17F2NO3/c1-3-18-12(17)13(2,16)6-7-19-11-5-4-9(14)8-10(11)15/h4-5,8H,3,6-7,16H2,1-2H3. The molecule has 0 bridgehead atoms. The van der Waals surface area contributed by atoms with E-state index in [1.165, 1.54) is 13.0 Å². The van der Waals surface area contributed by atoms with Gasteiger partial charge >= 0.3 is 5.97 Å². The molecule has 0 spiro atoms. The number of hydrogen-bond acceptors (Lipinski definition) is 4. The van der Waals surface area contributed by atoms with Crippen molar-refractivity contribution in [2.24, 2.45) is 5.73 Å². The summed E-state index contributed by atoms with van der Waals surface area (Å²) in [6, 6.07) is 3.00. The van der Waals surface area contributed by atoms with Gasteiger partial charge in [0.15, 0.2) is 11.6 Å². The zero-order chi connectivity index (χ0) is 14.5. The number of carbonyl (C=O) groups excluding carboxylic acids is 1. The highest BCUT2D eigenvalue weighted by molar-refractivity contribution is 5.79. The Labute approximate surface area is 110 Å². The van der Waals surface area contributed by atoms with E-state index < -0.39 is 23.1 Å². The number of benzene rings is 1. The number of carbonyl (C=O) groups is 1. The third-order valence-electron chi connectivity index (χ3n) is 2.51. The molecule has 0 aliphatic carbocycles. The lowest BCUT2D eigenvalue weighted by atomic mass is 10.0. The summed E-state index contributed by atoms with van der Waals surface area (Å²) in [5, 5.41) is 0. The second-order valence-electron chi connectivity index (χ2n) is 4.31. The lowest BCUT2D eigenvalue weighted by Gasteiger charge is -2.22. The second kappa shape index (κ2) is 6.47. The van der Waals surface area contributed by atoms with Crippen molar-refractivity contribution in [2.75, 3.05) is 13.2 Å². The van der Waals surface area contributed by atoms with Crippen molar-refractivity contribution in [3.63, 3.8) is 0 Å². The van der Waals surface area contributed by atoms with Gasteiger partial charge in [-0.2, -0.15) is 0 Å². The van der Waals surface area contributed by atoms with E-state index in [1.807, 2.05) is 0 Å². The van der Waals surface area contributed by atoms with Crippen LogP contribution in [0.5, 0.6) is 5.75 Å². The molecule has 1 aromatic rings. The van der Waals surface area contributed by atoms with Gasteiger partial charge in [0.2, 0.25) is 0 Å². The summed E-state index contributed by atoms with van der Waals surface area (Å²) in [6.45, 7) is 3.45. The highest BCUT2D eigenvalue weighted by atomic mass is 19.1. The van der Waals surface area contributed by atoms with Gasteiger partial charge in [0.05, 0.1) is 13.2 Å². The van der Waals surface area contributed by atoms with Gasteiger partial charge in [0.25, 0.3) is 0 Å². The highest BCUT2D eigenvalue weighted by Crippen LogP contribution is 2.18. The maximum absolute atomic E-state index is 13.3. The van der Waals surface area contributed by atoms with Gasteiger partial charge in [-0.1, -0.05) is 0 Å².